The Bertz CT molecular complexity index is 837. The van der Waals surface area contributed by atoms with Gasteiger partial charge in [-0.15, -0.1) is 0 Å². The Morgan fingerprint density at radius 1 is 0.860 bits per heavy atom. The molecular formula is C22H32F7K3N2O7SY-2. The van der Waals surface area contributed by atoms with Gasteiger partial charge in [-0.2, -0.15) is 71.0 Å². The third-order valence-electron chi connectivity index (χ3n) is 2.97. The number of rotatable bonds is 8. The summed E-state index contributed by atoms with van der Waals surface area (Å²) in [6, 6.07) is 20.3. The molecule has 0 unspecified atom stereocenters. The molecule has 2 aromatic rings. The second-order valence-corrected chi connectivity index (χ2v) is 7.13. The average Bonchev–Trinajstić information content (AvgIpc) is 2.94. The number of amides is 1. The van der Waals surface area contributed by atoms with E-state index in [1.807, 2.05) is 30.3 Å². The third kappa shape index (κ3) is 49.2. The van der Waals surface area contributed by atoms with E-state index in [9.17, 15) is 22.4 Å². The van der Waals surface area contributed by atoms with Crippen molar-refractivity contribution in [3.8, 4) is 0 Å². The summed E-state index contributed by atoms with van der Waals surface area (Å²) in [7, 11) is -2.67. The molecule has 0 saturated carbocycles. The van der Waals surface area contributed by atoms with Gasteiger partial charge < -0.3 is 32.1 Å². The molecule has 0 aliphatic carbocycles. The molecule has 21 heteroatoms. The van der Waals surface area contributed by atoms with Crippen molar-refractivity contribution >= 4 is 21.9 Å². The Hall–Kier alpha value is 2.73. The van der Waals surface area contributed by atoms with Gasteiger partial charge in [0.15, 0.2) is 0 Å². The van der Waals surface area contributed by atoms with Gasteiger partial charge in [-0.25, -0.2) is 18.3 Å². The first-order chi connectivity index (χ1) is 17.3. The van der Waals surface area contributed by atoms with Crippen molar-refractivity contribution in [1.29, 1.82) is 0 Å². The Labute approximate surface area is 402 Å². The van der Waals surface area contributed by atoms with Gasteiger partial charge >= 0.3 is 160 Å². The van der Waals surface area contributed by atoms with Crippen LogP contribution in [-0.2, 0) is 57.1 Å². The standard InChI is InChI=1S/C10H11N2O6S.C6H5.C3H7FO.3CH3.3F2.3K.Y/c13-9(11-16)6-12(7-10(14)15)19(17,18)8-4-2-1-3-5-8;1-2-4-6-5-3-1;1-5-3-2-4;;;;3*1-2;;;;/h2-5,16H,6-7H2,(H,11,13)(H,14,15);1-5H;2-3H2,1H3;3*1H3;;;;;;;/q2*-1;;3*-1;;;;3*+1;/i;;4-1;;;;3*1-1;;;;. The van der Waals surface area contributed by atoms with Crippen molar-refractivity contribution in [2.24, 2.45) is 0 Å². The first kappa shape index (κ1) is 75.9. The number of carbonyl (C=O) groups excluding carboxylic acids is 1. The van der Waals surface area contributed by atoms with Crippen molar-refractivity contribution < 1.29 is 252 Å². The van der Waals surface area contributed by atoms with Crippen LogP contribution in [-0.4, -0.2) is 68.4 Å². The minimum atomic E-state index is -4.14. The third-order valence-corrected chi connectivity index (χ3v) is 4.78. The number of alkyl halides is 1. The van der Waals surface area contributed by atoms with Crippen LogP contribution in [0.2, 0.25) is 0 Å². The first-order valence-corrected chi connectivity index (χ1v) is 10.2. The number of carbonyl (C=O) groups is 2. The number of sulfonamides is 1. The van der Waals surface area contributed by atoms with E-state index in [0.717, 1.165) is 0 Å². The largest absolute Gasteiger partial charge is 1.00 e. The molecule has 0 fully saturated rings. The van der Waals surface area contributed by atoms with Crippen LogP contribution in [0.1, 0.15) is 0 Å². The van der Waals surface area contributed by atoms with Crippen LogP contribution in [0.4, 0.5) is 31.8 Å². The zero-order valence-corrected chi connectivity index (χ0v) is 38.1. The first-order valence-electron chi connectivity index (χ1n) is 8.79. The number of halogens is 7. The number of carboxylic acids is 1. The van der Waals surface area contributed by atoms with E-state index in [0.29, 0.717) is 4.31 Å². The molecule has 1 amide bonds. The summed E-state index contributed by atoms with van der Waals surface area (Å²) in [5, 5.41) is 17.1. The number of nitrogens with one attached hydrogen (secondary N) is 1. The molecule has 0 aliphatic rings. The molecule has 3 N–H and O–H groups in total. The summed E-state index contributed by atoms with van der Waals surface area (Å²) >= 11 is 0. The molecule has 0 heterocycles. The van der Waals surface area contributed by atoms with Crippen molar-refractivity contribution in [2.75, 3.05) is 33.5 Å². The van der Waals surface area contributed by atoms with E-state index in [2.05, 4.69) is 16.9 Å². The minimum absolute atomic E-state index is 0. The van der Waals surface area contributed by atoms with Crippen LogP contribution >= 0.6 is 0 Å². The molecule has 9 nitrogen and oxygen atoms in total. The van der Waals surface area contributed by atoms with E-state index in [1.165, 1.54) is 36.9 Å². The van der Waals surface area contributed by atoms with Gasteiger partial charge in [0.05, 0.1) is 13.2 Å². The molecule has 0 atom stereocenters. The molecule has 235 valence electrons. The zero-order valence-electron chi connectivity index (χ0n) is 25.0. The summed E-state index contributed by atoms with van der Waals surface area (Å²) < 4.78 is 87.8. The Morgan fingerprint density at radius 3 is 1.49 bits per heavy atom. The average molecular weight is 804 g/mol. The molecule has 2 rings (SSSR count). The van der Waals surface area contributed by atoms with Crippen LogP contribution in [0.5, 0.6) is 0 Å². The molecule has 43 heavy (non-hydrogen) atoms. The molecule has 0 saturated heterocycles. The summed E-state index contributed by atoms with van der Waals surface area (Å²) in [6.45, 7) is -1.85. The van der Waals surface area contributed by atoms with Crippen LogP contribution in [0, 0.1) is 34.4 Å². The van der Waals surface area contributed by atoms with E-state index in [1.54, 1.807) is 0 Å². The molecule has 0 aromatic heterocycles. The van der Waals surface area contributed by atoms with E-state index in [4.69, 9.17) is 37.8 Å². The predicted octanol–water partition coefficient (Wildman–Crippen LogP) is -3.96. The zero-order chi connectivity index (χ0) is 28.8. The maximum Gasteiger partial charge on any atom is 1.00 e. The maximum absolute atomic E-state index is 12.1. The van der Waals surface area contributed by atoms with Crippen molar-refractivity contribution in [3.05, 3.63) is 89.0 Å². The second kappa shape index (κ2) is 60.1. The van der Waals surface area contributed by atoms with Crippen LogP contribution in [0.3, 0.4) is 0 Å². The Kier molecular flexibility index (Phi) is 106. The van der Waals surface area contributed by atoms with Gasteiger partial charge in [0, 0.05) is 67.3 Å². The molecule has 0 spiro atoms. The molecular weight excluding hydrogens is 772 g/mol. The summed E-state index contributed by atoms with van der Waals surface area (Å²) in [5.74, 6) is -2.45. The van der Waals surface area contributed by atoms with Crippen LogP contribution in [0.25, 0.3) is 0 Å². The van der Waals surface area contributed by atoms with Gasteiger partial charge in [0.25, 0.3) is 5.91 Å². The quantitative estimate of drug-likeness (QED) is 0.0817. The summed E-state index contributed by atoms with van der Waals surface area (Å²) in [6.07, 6.45) is 0. The number of hydrogen-bond acceptors (Lipinski definition) is 6. The van der Waals surface area contributed by atoms with E-state index in [-0.39, 0.29) is 227 Å². The minimum Gasteiger partial charge on any atom is -0.480 e. The molecule has 0 aliphatic heterocycles. The van der Waals surface area contributed by atoms with Gasteiger partial charge in [-0.05, 0) is 4.90 Å². The number of hydrogen-bond donors (Lipinski definition) is 3. The number of benzene rings is 2. The molecule has 2 aromatic carbocycles. The summed E-state index contributed by atoms with van der Waals surface area (Å²) in [5.41, 5.74) is 1.25. The maximum atomic E-state index is 12.1. The molecule has 1 radical (unpaired) electrons. The van der Waals surface area contributed by atoms with Crippen LogP contribution in [0.15, 0.2) is 59.5 Å². The number of ether oxygens (including phenoxy) is 1. The van der Waals surface area contributed by atoms with Gasteiger partial charge in [0.1, 0.15) is 13.2 Å². The van der Waals surface area contributed by atoms with E-state index >= 15 is 0 Å². The fourth-order valence-electron chi connectivity index (χ4n) is 1.68. The van der Waals surface area contributed by atoms with Gasteiger partial charge in [0.2, 0.25) is 10.0 Å². The Balaban J connectivity index is -0.0000000403. The van der Waals surface area contributed by atoms with Gasteiger partial charge in [-0.1, -0.05) is 0 Å². The number of carboxylic acid groups (broad SMARTS) is 1. The SMILES string of the molecule is COCC[18F].F[18F].F[18F].F[18F].O=C(O)CN(CC(=O)NO)S(=O)(=O)c1cc[c-]cc1.[CH3-].[CH3-].[CH3-].[K+].[K+].[K+].[Y].[c-]1ccccc1. The monoisotopic (exact) mass is 803 g/mol. The van der Waals surface area contributed by atoms with Crippen molar-refractivity contribution in [2.45, 2.75) is 4.90 Å². The Morgan fingerprint density at radius 2 is 1.26 bits per heavy atom. The predicted molar refractivity (Wildman–Crippen MR) is 131 cm³/mol. The number of nitrogens with zero attached hydrogens (tertiary/aromatic N) is 1. The van der Waals surface area contributed by atoms with E-state index < -0.39 is 35.0 Å². The van der Waals surface area contributed by atoms with Crippen LogP contribution < -0.4 is 160 Å². The topological polar surface area (TPSA) is 133 Å². The van der Waals surface area contributed by atoms with Crippen molar-refractivity contribution in [1.82, 2.24) is 9.79 Å². The second-order valence-electron chi connectivity index (χ2n) is 5.20. The van der Waals surface area contributed by atoms with Crippen molar-refractivity contribution in [3.63, 3.8) is 0 Å². The normalized spacial score (nSPS) is 7.49. The number of hydroxylamine groups is 1. The fraction of sp³-hybridized carbons (Fsp3) is 0.227. The summed E-state index contributed by atoms with van der Waals surface area (Å²) in [4.78, 5) is 21.5. The molecule has 0 bridgehead atoms. The van der Waals surface area contributed by atoms with Gasteiger partial charge in [-0.3, -0.25) is 14.8 Å². The fourth-order valence-corrected chi connectivity index (χ4v) is 3.03. The number of methoxy groups -OCH3 is 1. The smallest absolute Gasteiger partial charge is 0.480 e. The number of aliphatic carboxylic acids is 1.